The summed E-state index contributed by atoms with van der Waals surface area (Å²) < 4.78 is 0. The topological polar surface area (TPSA) is 56.0 Å². The average Bonchev–Trinajstić information content (AvgIpc) is 2.42. The van der Waals surface area contributed by atoms with E-state index in [1.165, 1.54) is 32.7 Å². The lowest BCUT2D eigenvalue weighted by Gasteiger charge is -2.35. The van der Waals surface area contributed by atoms with E-state index in [9.17, 15) is 5.11 Å². The Morgan fingerprint density at radius 2 is 1.60 bits per heavy atom. The van der Waals surface area contributed by atoms with Gasteiger partial charge in [-0.1, -0.05) is 0 Å². The highest BCUT2D eigenvalue weighted by atomic mass is 16.3. The minimum Gasteiger partial charge on any atom is -0.389 e. The molecule has 1 rings (SSSR count). The molecule has 1 unspecified atom stereocenters. The first-order valence-corrected chi connectivity index (χ1v) is 7.95. The van der Waals surface area contributed by atoms with Crippen LogP contribution in [0.5, 0.6) is 0 Å². The van der Waals surface area contributed by atoms with Crippen LogP contribution in [0.2, 0.25) is 0 Å². The van der Waals surface area contributed by atoms with E-state index in [0.717, 1.165) is 32.4 Å². The van der Waals surface area contributed by atoms with Crippen LogP contribution in [-0.4, -0.2) is 91.9 Å². The molecule has 3 N–H and O–H groups in total. The normalized spacial score (nSPS) is 21.3. The summed E-state index contributed by atoms with van der Waals surface area (Å²) in [6, 6.07) is 0. The molecule has 1 saturated heterocycles. The van der Waals surface area contributed by atoms with Gasteiger partial charge >= 0.3 is 0 Å². The number of unbranched alkanes of at least 4 members (excludes halogenated alkanes) is 1. The molecule has 1 atom stereocenters. The highest BCUT2D eigenvalue weighted by molar-refractivity contribution is 4.75. The number of hydrogen-bond acceptors (Lipinski definition) is 5. The van der Waals surface area contributed by atoms with Crippen LogP contribution in [0.25, 0.3) is 0 Å². The van der Waals surface area contributed by atoms with Crippen LogP contribution >= 0.6 is 0 Å². The number of likely N-dealkylation sites (N-methyl/N-ethyl adjacent to an activating group) is 1. The molecule has 1 aliphatic heterocycles. The molecule has 5 nitrogen and oxygen atoms in total. The van der Waals surface area contributed by atoms with E-state index in [1.807, 2.05) is 6.92 Å². The van der Waals surface area contributed by atoms with E-state index in [2.05, 4.69) is 28.8 Å². The summed E-state index contributed by atoms with van der Waals surface area (Å²) in [5.41, 5.74) is 4.85. The highest BCUT2D eigenvalue weighted by Crippen LogP contribution is 2.12. The monoisotopic (exact) mass is 286 g/mol. The van der Waals surface area contributed by atoms with Gasteiger partial charge in [0.1, 0.15) is 0 Å². The van der Waals surface area contributed by atoms with Crippen LogP contribution < -0.4 is 5.73 Å². The molecule has 0 aromatic heterocycles. The molecule has 120 valence electrons. The second-order valence-electron chi connectivity index (χ2n) is 6.64. The fraction of sp³-hybridized carbons (Fsp3) is 1.00. The fourth-order valence-corrected chi connectivity index (χ4v) is 2.52. The van der Waals surface area contributed by atoms with Gasteiger partial charge in [-0.05, 0) is 46.8 Å². The van der Waals surface area contributed by atoms with Gasteiger partial charge in [0.15, 0.2) is 0 Å². The van der Waals surface area contributed by atoms with Crippen LogP contribution in [-0.2, 0) is 0 Å². The molecule has 1 aliphatic rings. The van der Waals surface area contributed by atoms with Gasteiger partial charge in [-0.3, -0.25) is 4.90 Å². The molecule has 0 radical (unpaired) electrons. The van der Waals surface area contributed by atoms with Crippen molar-refractivity contribution in [3.63, 3.8) is 0 Å². The maximum atomic E-state index is 9.85. The third kappa shape index (κ3) is 7.55. The smallest absolute Gasteiger partial charge is 0.0741 e. The molecule has 0 amide bonds. The minimum atomic E-state index is -0.676. The van der Waals surface area contributed by atoms with E-state index in [0.29, 0.717) is 6.54 Å². The van der Waals surface area contributed by atoms with Crippen molar-refractivity contribution in [2.24, 2.45) is 5.73 Å². The van der Waals surface area contributed by atoms with Crippen molar-refractivity contribution >= 4 is 0 Å². The van der Waals surface area contributed by atoms with Gasteiger partial charge in [0.2, 0.25) is 0 Å². The summed E-state index contributed by atoms with van der Waals surface area (Å²) in [5, 5.41) is 9.85. The van der Waals surface area contributed by atoms with Crippen molar-refractivity contribution in [1.29, 1.82) is 0 Å². The van der Waals surface area contributed by atoms with E-state index < -0.39 is 5.60 Å². The Morgan fingerprint density at radius 3 is 2.10 bits per heavy atom. The van der Waals surface area contributed by atoms with Gasteiger partial charge < -0.3 is 20.6 Å². The van der Waals surface area contributed by atoms with Crippen molar-refractivity contribution in [2.45, 2.75) is 31.8 Å². The quantitative estimate of drug-likeness (QED) is 0.587. The molecule has 0 bridgehead atoms. The predicted molar refractivity (Wildman–Crippen MR) is 85.0 cm³/mol. The van der Waals surface area contributed by atoms with E-state index in [1.54, 1.807) is 0 Å². The van der Waals surface area contributed by atoms with Crippen LogP contribution in [0.4, 0.5) is 0 Å². The number of aliphatic hydroxyl groups is 1. The maximum absolute atomic E-state index is 9.85. The van der Waals surface area contributed by atoms with E-state index in [4.69, 9.17) is 5.73 Å². The first-order valence-electron chi connectivity index (χ1n) is 7.95. The second kappa shape index (κ2) is 8.95. The number of nitrogens with two attached hydrogens (primary N) is 1. The van der Waals surface area contributed by atoms with Gasteiger partial charge in [0.25, 0.3) is 0 Å². The largest absolute Gasteiger partial charge is 0.389 e. The first kappa shape index (κ1) is 17.9. The summed E-state index contributed by atoms with van der Waals surface area (Å²) in [7, 11) is 4.26. The maximum Gasteiger partial charge on any atom is 0.0741 e. The van der Waals surface area contributed by atoms with E-state index in [-0.39, 0.29) is 0 Å². The summed E-state index contributed by atoms with van der Waals surface area (Å²) in [4.78, 5) is 7.34. The standard InChI is InChI=1S/C15H34N4O/c1-15(20,14-16)6-4-5-7-18-10-12-19(13-11-18)9-8-17(2)3/h20H,4-14,16H2,1-3H3. The molecule has 0 saturated carbocycles. The molecule has 5 heteroatoms. The molecule has 0 aromatic rings. The summed E-state index contributed by atoms with van der Waals surface area (Å²) in [5.74, 6) is 0. The van der Waals surface area contributed by atoms with Gasteiger partial charge in [-0.2, -0.15) is 0 Å². The minimum absolute atomic E-state index is 0.359. The Kier molecular flexibility index (Phi) is 7.99. The lowest BCUT2D eigenvalue weighted by Crippen LogP contribution is -2.48. The highest BCUT2D eigenvalue weighted by Gasteiger charge is 2.18. The zero-order valence-corrected chi connectivity index (χ0v) is 13.6. The van der Waals surface area contributed by atoms with Crippen LogP contribution in [0.15, 0.2) is 0 Å². The Hall–Kier alpha value is -0.200. The molecular weight excluding hydrogens is 252 g/mol. The second-order valence-corrected chi connectivity index (χ2v) is 6.64. The lowest BCUT2D eigenvalue weighted by molar-refractivity contribution is 0.0553. The Bertz CT molecular complexity index is 250. The van der Waals surface area contributed by atoms with Crippen LogP contribution in [0, 0.1) is 0 Å². The molecular formula is C15H34N4O. The molecule has 1 heterocycles. The first-order chi connectivity index (χ1) is 9.43. The van der Waals surface area contributed by atoms with Gasteiger partial charge in [-0.25, -0.2) is 0 Å². The van der Waals surface area contributed by atoms with E-state index >= 15 is 0 Å². The average molecular weight is 286 g/mol. The predicted octanol–water partition coefficient (Wildman–Crippen LogP) is 0.0456. The Morgan fingerprint density at radius 1 is 1.05 bits per heavy atom. The third-order valence-electron chi connectivity index (χ3n) is 4.21. The van der Waals surface area contributed by atoms with Crippen molar-refractivity contribution in [3.8, 4) is 0 Å². The number of piperazine rings is 1. The zero-order chi connectivity index (χ0) is 15.0. The Labute approximate surface area is 124 Å². The molecule has 20 heavy (non-hydrogen) atoms. The van der Waals surface area contributed by atoms with Gasteiger partial charge in [0.05, 0.1) is 5.60 Å². The van der Waals surface area contributed by atoms with Crippen molar-refractivity contribution < 1.29 is 5.11 Å². The number of rotatable bonds is 9. The number of hydrogen-bond donors (Lipinski definition) is 2. The lowest BCUT2D eigenvalue weighted by atomic mass is 9.99. The summed E-state index contributed by atoms with van der Waals surface area (Å²) in [6.07, 6.45) is 3.03. The summed E-state index contributed by atoms with van der Waals surface area (Å²) >= 11 is 0. The van der Waals surface area contributed by atoms with Crippen molar-refractivity contribution in [3.05, 3.63) is 0 Å². The van der Waals surface area contributed by atoms with Gasteiger partial charge in [-0.15, -0.1) is 0 Å². The van der Waals surface area contributed by atoms with Crippen molar-refractivity contribution in [1.82, 2.24) is 14.7 Å². The Balaban J connectivity index is 2.05. The molecule has 0 spiro atoms. The molecule has 1 fully saturated rings. The molecule has 0 aliphatic carbocycles. The summed E-state index contributed by atoms with van der Waals surface area (Å²) in [6.45, 7) is 10.4. The van der Waals surface area contributed by atoms with Crippen LogP contribution in [0.1, 0.15) is 26.2 Å². The fourth-order valence-electron chi connectivity index (χ4n) is 2.52. The molecule has 0 aromatic carbocycles. The van der Waals surface area contributed by atoms with Crippen LogP contribution in [0.3, 0.4) is 0 Å². The third-order valence-corrected chi connectivity index (χ3v) is 4.21. The van der Waals surface area contributed by atoms with Gasteiger partial charge in [0, 0.05) is 45.8 Å². The van der Waals surface area contributed by atoms with Crippen molar-refractivity contribution in [2.75, 3.05) is 66.5 Å². The SMILES string of the molecule is CN(C)CCN1CCN(CCCCC(C)(O)CN)CC1. The zero-order valence-electron chi connectivity index (χ0n) is 13.6. The number of nitrogens with zero attached hydrogens (tertiary/aromatic N) is 3.